The summed E-state index contributed by atoms with van der Waals surface area (Å²) in [6.07, 6.45) is -5.29. The zero-order valence-corrected chi connectivity index (χ0v) is 14.3. The van der Waals surface area contributed by atoms with Crippen molar-refractivity contribution in [3.63, 3.8) is 0 Å². The van der Waals surface area contributed by atoms with Gasteiger partial charge in [0.25, 0.3) is 5.91 Å². The summed E-state index contributed by atoms with van der Waals surface area (Å²) in [5, 5.41) is 13.4. The summed E-state index contributed by atoms with van der Waals surface area (Å²) in [7, 11) is 0. The van der Waals surface area contributed by atoms with Crippen molar-refractivity contribution in [3.8, 4) is 0 Å². The maximum absolute atomic E-state index is 13.2. The number of halogens is 3. The Labute approximate surface area is 157 Å². The number of hydrogen-bond acceptors (Lipinski definition) is 5. The largest absolute Gasteiger partial charge is 0.550 e. The van der Waals surface area contributed by atoms with E-state index in [4.69, 9.17) is 0 Å². The van der Waals surface area contributed by atoms with Crippen LogP contribution in [0.25, 0.3) is 0 Å². The normalized spacial score (nSPS) is 17.1. The molecule has 1 N–H and O–H groups in total. The Morgan fingerprint density at radius 2 is 1.75 bits per heavy atom. The number of nitrogens with one attached hydrogen (secondary N) is 1. The van der Waals surface area contributed by atoms with Crippen molar-refractivity contribution >= 4 is 29.2 Å². The summed E-state index contributed by atoms with van der Waals surface area (Å²) in [4.78, 5) is 36.0. The molecule has 1 atom stereocenters. The van der Waals surface area contributed by atoms with Crippen molar-refractivity contribution < 1.29 is 32.7 Å². The van der Waals surface area contributed by atoms with E-state index in [-0.39, 0.29) is 12.8 Å². The second-order valence-corrected chi connectivity index (χ2v) is 6.23. The molecular formula is C19H14F3N2O4-. The molecule has 2 amide bonds. The lowest BCUT2D eigenvalue weighted by Gasteiger charge is -2.20. The molecule has 0 saturated carbocycles. The Morgan fingerprint density at radius 1 is 1.11 bits per heavy atom. The maximum atomic E-state index is 13.2. The summed E-state index contributed by atoms with van der Waals surface area (Å²) in [6, 6.07) is 9.42. The molecule has 28 heavy (non-hydrogen) atoms. The lowest BCUT2D eigenvalue weighted by Crippen LogP contribution is -2.36. The van der Waals surface area contributed by atoms with Crippen molar-refractivity contribution in [3.05, 3.63) is 59.7 Å². The fourth-order valence-corrected chi connectivity index (χ4v) is 2.99. The standard InChI is InChI=1S/C19H15F3N2O4/c20-19(21,22)13-3-1-2-4-15(13)24-16(25)10-14(18(24)28)23-12-7-5-11(6-8-12)9-17(26)27/h1-8,14,23H,9-10H2,(H,26,27)/p-1/t14-/m0/s1. The third-order valence-corrected chi connectivity index (χ3v) is 4.24. The molecule has 0 unspecified atom stereocenters. The van der Waals surface area contributed by atoms with E-state index in [1.54, 1.807) is 0 Å². The summed E-state index contributed by atoms with van der Waals surface area (Å²) in [6.45, 7) is 0. The summed E-state index contributed by atoms with van der Waals surface area (Å²) < 4.78 is 39.7. The number of nitrogens with zero attached hydrogens (tertiary/aromatic N) is 1. The van der Waals surface area contributed by atoms with Gasteiger partial charge in [0.2, 0.25) is 5.91 Å². The zero-order valence-electron chi connectivity index (χ0n) is 14.3. The number of benzene rings is 2. The van der Waals surface area contributed by atoms with E-state index in [0.29, 0.717) is 16.2 Å². The van der Waals surface area contributed by atoms with Crippen molar-refractivity contribution in [2.45, 2.75) is 25.1 Å². The van der Waals surface area contributed by atoms with Crippen LogP contribution < -0.4 is 15.3 Å². The number of carboxylic acids is 1. The van der Waals surface area contributed by atoms with Crippen LogP contribution in [0.1, 0.15) is 17.5 Å². The lowest BCUT2D eigenvalue weighted by molar-refractivity contribution is -0.304. The summed E-state index contributed by atoms with van der Waals surface area (Å²) in [5.41, 5.74) is -0.651. The predicted octanol–water partition coefficient (Wildman–Crippen LogP) is 1.74. The van der Waals surface area contributed by atoms with Gasteiger partial charge in [0.15, 0.2) is 0 Å². The van der Waals surface area contributed by atoms with Crippen molar-refractivity contribution in [2.75, 3.05) is 10.2 Å². The number of carboxylic acid groups (broad SMARTS) is 1. The molecular weight excluding hydrogens is 377 g/mol. The second-order valence-electron chi connectivity index (χ2n) is 6.23. The van der Waals surface area contributed by atoms with Gasteiger partial charge in [-0.15, -0.1) is 0 Å². The highest BCUT2D eigenvalue weighted by Crippen LogP contribution is 2.38. The Balaban J connectivity index is 1.80. The quantitative estimate of drug-likeness (QED) is 0.785. The SMILES string of the molecule is O=C([O-])Cc1ccc(N[C@H]2CC(=O)N(c3ccccc3C(F)(F)F)C2=O)cc1. The van der Waals surface area contributed by atoms with E-state index in [1.807, 2.05) is 0 Å². The predicted molar refractivity (Wildman–Crippen MR) is 91.1 cm³/mol. The van der Waals surface area contributed by atoms with Crippen LogP contribution in [-0.2, 0) is 27.0 Å². The van der Waals surface area contributed by atoms with Crippen LogP contribution in [0.4, 0.5) is 24.5 Å². The molecule has 1 saturated heterocycles. The molecule has 0 radical (unpaired) electrons. The maximum Gasteiger partial charge on any atom is 0.418 e. The van der Waals surface area contributed by atoms with Crippen molar-refractivity contribution in [2.24, 2.45) is 0 Å². The van der Waals surface area contributed by atoms with Gasteiger partial charge >= 0.3 is 6.18 Å². The van der Waals surface area contributed by atoms with Crippen LogP contribution in [0.5, 0.6) is 0 Å². The van der Waals surface area contributed by atoms with Crippen LogP contribution in [0.2, 0.25) is 0 Å². The van der Waals surface area contributed by atoms with E-state index < -0.39 is 41.3 Å². The first-order valence-electron chi connectivity index (χ1n) is 8.25. The number of anilines is 2. The molecule has 1 aliphatic rings. The van der Waals surface area contributed by atoms with Gasteiger partial charge in [-0.05, 0) is 29.8 Å². The monoisotopic (exact) mass is 391 g/mol. The Morgan fingerprint density at radius 3 is 2.36 bits per heavy atom. The Kier molecular flexibility index (Phi) is 5.08. The minimum absolute atomic E-state index is 0.275. The Bertz CT molecular complexity index is 926. The van der Waals surface area contributed by atoms with E-state index >= 15 is 0 Å². The molecule has 9 heteroatoms. The van der Waals surface area contributed by atoms with Crippen LogP contribution in [0, 0.1) is 0 Å². The number of carbonyl (C=O) groups is 3. The molecule has 0 aliphatic carbocycles. The van der Waals surface area contributed by atoms with Gasteiger partial charge in [-0.2, -0.15) is 13.2 Å². The van der Waals surface area contributed by atoms with E-state index in [1.165, 1.54) is 36.4 Å². The molecule has 2 aromatic rings. The number of imide groups is 1. The molecule has 1 aliphatic heterocycles. The first-order chi connectivity index (χ1) is 13.2. The van der Waals surface area contributed by atoms with E-state index in [9.17, 15) is 32.7 Å². The molecule has 0 aromatic heterocycles. The first-order valence-corrected chi connectivity index (χ1v) is 8.25. The molecule has 1 heterocycles. The van der Waals surface area contributed by atoms with E-state index in [0.717, 1.165) is 12.1 Å². The third kappa shape index (κ3) is 3.98. The highest BCUT2D eigenvalue weighted by atomic mass is 19.4. The molecule has 0 bridgehead atoms. The average molecular weight is 391 g/mol. The average Bonchev–Trinajstić information content (AvgIpc) is 2.89. The number of aliphatic carboxylic acids is 1. The highest BCUT2D eigenvalue weighted by molar-refractivity contribution is 6.23. The number of amides is 2. The molecule has 146 valence electrons. The number of para-hydroxylation sites is 1. The van der Waals surface area contributed by atoms with Crippen LogP contribution in [-0.4, -0.2) is 23.8 Å². The molecule has 1 fully saturated rings. The number of carbonyl (C=O) groups excluding carboxylic acids is 3. The minimum Gasteiger partial charge on any atom is -0.550 e. The molecule has 2 aromatic carbocycles. The fourth-order valence-electron chi connectivity index (χ4n) is 2.99. The third-order valence-electron chi connectivity index (χ3n) is 4.24. The second kappa shape index (κ2) is 7.34. The smallest absolute Gasteiger partial charge is 0.418 e. The van der Waals surface area contributed by atoms with Gasteiger partial charge in [-0.3, -0.25) is 9.59 Å². The van der Waals surface area contributed by atoms with Gasteiger partial charge in [0.05, 0.1) is 17.7 Å². The van der Waals surface area contributed by atoms with Crippen LogP contribution in [0.15, 0.2) is 48.5 Å². The van der Waals surface area contributed by atoms with Gasteiger partial charge in [0.1, 0.15) is 6.04 Å². The van der Waals surface area contributed by atoms with Gasteiger partial charge < -0.3 is 15.2 Å². The molecule has 3 rings (SSSR count). The summed E-state index contributed by atoms with van der Waals surface area (Å²) >= 11 is 0. The van der Waals surface area contributed by atoms with Gasteiger partial charge in [-0.25, -0.2) is 4.90 Å². The summed E-state index contributed by atoms with van der Waals surface area (Å²) in [5.74, 6) is -2.77. The van der Waals surface area contributed by atoms with Crippen LogP contribution >= 0.6 is 0 Å². The minimum atomic E-state index is -4.71. The lowest BCUT2D eigenvalue weighted by atomic mass is 10.1. The van der Waals surface area contributed by atoms with E-state index in [2.05, 4.69) is 5.32 Å². The Hall–Kier alpha value is -3.36. The number of alkyl halides is 3. The zero-order chi connectivity index (χ0) is 20.5. The van der Waals surface area contributed by atoms with Crippen LogP contribution in [0.3, 0.4) is 0 Å². The van der Waals surface area contributed by atoms with Gasteiger partial charge in [0, 0.05) is 18.1 Å². The van der Waals surface area contributed by atoms with Crippen molar-refractivity contribution in [1.82, 2.24) is 0 Å². The molecule has 6 nitrogen and oxygen atoms in total. The van der Waals surface area contributed by atoms with Crippen molar-refractivity contribution in [1.29, 1.82) is 0 Å². The molecule has 0 spiro atoms. The number of rotatable bonds is 5. The topological polar surface area (TPSA) is 89.5 Å². The number of hydrogen-bond donors (Lipinski definition) is 1. The van der Waals surface area contributed by atoms with Gasteiger partial charge in [-0.1, -0.05) is 24.3 Å². The first kappa shape index (κ1) is 19.4. The highest BCUT2D eigenvalue weighted by Gasteiger charge is 2.44. The fraction of sp³-hybridized carbons (Fsp3) is 0.211.